The van der Waals surface area contributed by atoms with Crippen molar-refractivity contribution in [2.75, 3.05) is 23.9 Å². The Hall–Kier alpha value is -3.15. The first-order valence-corrected chi connectivity index (χ1v) is 8.72. The summed E-state index contributed by atoms with van der Waals surface area (Å²) in [6, 6.07) is 12.4. The molecule has 0 aliphatic carbocycles. The number of nitrogens with zero attached hydrogens (tertiary/aromatic N) is 1. The smallest absolute Gasteiger partial charge is 0.339 e. The van der Waals surface area contributed by atoms with Crippen molar-refractivity contribution in [2.24, 2.45) is 0 Å². The van der Waals surface area contributed by atoms with Gasteiger partial charge in [0, 0.05) is 6.92 Å². The minimum Gasteiger partial charge on any atom is -0.465 e. The van der Waals surface area contributed by atoms with Crippen LogP contribution in [0.4, 0.5) is 11.4 Å². The number of carbonyl (C=O) groups is 3. The highest BCUT2D eigenvalue weighted by Gasteiger charge is 2.21. The lowest BCUT2D eigenvalue weighted by Crippen LogP contribution is -2.38. The normalized spacial score (nSPS) is 10.2. The van der Waals surface area contributed by atoms with Crippen molar-refractivity contribution in [3.8, 4) is 0 Å². The number of hydrogen-bond donors (Lipinski definition) is 1. The van der Waals surface area contributed by atoms with Crippen LogP contribution in [0.2, 0.25) is 0 Å². The summed E-state index contributed by atoms with van der Waals surface area (Å²) in [5.74, 6) is -1.16. The third-order valence-corrected chi connectivity index (χ3v) is 4.26. The number of aryl methyl sites for hydroxylation is 2. The van der Waals surface area contributed by atoms with Gasteiger partial charge in [0.25, 0.3) is 0 Å². The lowest BCUT2D eigenvalue weighted by atomic mass is 10.0. The largest absolute Gasteiger partial charge is 0.465 e. The quantitative estimate of drug-likeness (QED) is 0.794. The number of esters is 1. The molecule has 2 rings (SSSR count). The Bertz CT molecular complexity index is 861. The molecule has 0 saturated carbocycles. The maximum atomic E-state index is 12.6. The van der Waals surface area contributed by atoms with Crippen LogP contribution in [0, 0.1) is 6.92 Å². The Kier molecular flexibility index (Phi) is 6.71. The molecule has 0 aliphatic rings. The second kappa shape index (κ2) is 8.98. The van der Waals surface area contributed by atoms with Gasteiger partial charge in [-0.05, 0) is 36.6 Å². The molecule has 0 heterocycles. The third kappa shape index (κ3) is 4.73. The van der Waals surface area contributed by atoms with Crippen LogP contribution >= 0.6 is 0 Å². The van der Waals surface area contributed by atoms with Gasteiger partial charge < -0.3 is 15.0 Å². The summed E-state index contributed by atoms with van der Waals surface area (Å²) in [6.07, 6.45) is 0.744. The standard InChI is InChI=1S/C21H24N2O4/c1-5-16-10-8-9-14(2)20(16)23(15(3)24)13-19(25)22-18-12-7-6-11-17(18)21(26)27-4/h6-12H,5,13H2,1-4H3,(H,22,25). The summed E-state index contributed by atoms with van der Waals surface area (Å²) in [5.41, 5.74) is 3.27. The Morgan fingerprint density at radius 1 is 1.07 bits per heavy atom. The van der Waals surface area contributed by atoms with E-state index in [1.165, 1.54) is 18.9 Å². The van der Waals surface area contributed by atoms with Gasteiger partial charge in [-0.2, -0.15) is 0 Å². The number of carbonyl (C=O) groups excluding carboxylic acids is 3. The van der Waals surface area contributed by atoms with Crippen LogP contribution in [0.1, 0.15) is 35.3 Å². The molecule has 1 N–H and O–H groups in total. The van der Waals surface area contributed by atoms with E-state index in [0.29, 0.717) is 5.69 Å². The topological polar surface area (TPSA) is 75.7 Å². The number of amides is 2. The predicted molar refractivity (Wildman–Crippen MR) is 105 cm³/mol. The molecular formula is C21H24N2O4. The second-order valence-corrected chi connectivity index (χ2v) is 6.13. The van der Waals surface area contributed by atoms with Crippen LogP contribution in [0.5, 0.6) is 0 Å². The number of benzene rings is 2. The average Bonchev–Trinajstić information content (AvgIpc) is 2.65. The van der Waals surface area contributed by atoms with E-state index in [1.54, 1.807) is 24.3 Å². The second-order valence-electron chi connectivity index (χ2n) is 6.13. The first kappa shape index (κ1) is 20.2. The van der Waals surface area contributed by atoms with Crippen LogP contribution in [0.25, 0.3) is 0 Å². The highest BCUT2D eigenvalue weighted by molar-refractivity contribution is 6.05. The molecule has 0 unspecified atom stereocenters. The first-order valence-electron chi connectivity index (χ1n) is 8.72. The van der Waals surface area contributed by atoms with Crippen molar-refractivity contribution >= 4 is 29.2 Å². The molecule has 0 aromatic heterocycles. The Labute approximate surface area is 159 Å². The molecule has 0 radical (unpaired) electrons. The summed E-state index contributed by atoms with van der Waals surface area (Å²) in [7, 11) is 1.28. The Balaban J connectivity index is 2.28. The molecule has 0 saturated heterocycles. The number of anilines is 2. The number of hydrogen-bond acceptors (Lipinski definition) is 4. The van der Waals surface area contributed by atoms with Crippen LogP contribution in [0.3, 0.4) is 0 Å². The van der Waals surface area contributed by atoms with Gasteiger partial charge in [0.2, 0.25) is 11.8 Å². The van der Waals surface area contributed by atoms with Crippen molar-refractivity contribution in [3.63, 3.8) is 0 Å². The highest BCUT2D eigenvalue weighted by atomic mass is 16.5. The molecule has 2 amide bonds. The van der Waals surface area contributed by atoms with Crippen molar-refractivity contribution < 1.29 is 19.1 Å². The van der Waals surface area contributed by atoms with E-state index in [2.05, 4.69) is 5.32 Å². The number of methoxy groups -OCH3 is 1. The summed E-state index contributed by atoms with van der Waals surface area (Å²) in [6.45, 7) is 5.20. The zero-order valence-corrected chi connectivity index (χ0v) is 16.0. The molecule has 0 spiro atoms. The molecule has 6 heteroatoms. The fourth-order valence-corrected chi connectivity index (χ4v) is 2.95. The van der Waals surface area contributed by atoms with E-state index in [9.17, 15) is 14.4 Å². The zero-order chi connectivity index (χ0) is 20.0. The van der Waals surface area contributed by atoms with Gasteiger partial charge in [-0.1, -0.05) is 37.3 Å². The number of para-hydroxylation sites is 2. The molecule has 2 aromatic rings. The maximum Gasteiger partial charge on any atom is 0.339 e. The van der Waals surface area contributed by atoms with Crippen LogP contribution in [-0.4, -0.2) is 31.4 Å². The fourth-order valence-electron chi connectivity index (χ4n) is 2.95. The van der Waals surface area contributed by atoms with Crippen molar-refractivity contribution in [1.82, 2.24) is 0 Å². The number of nitrogens with one attached hydrogen (secondary N) is 1. The molecule has 27 heavy (non-hydrogen) atoms. The van der Waals surface area contributed by atoms with Crippen molar-refractivity contribution in [1.29, 1.82) is 0 Å². The van der Waals surface area contributed by atoms with E-state index in [1.807, 2.05) is 32.0 Å². The fraction of sp³-hybridized carbons (Fsp3) is 0.286. The Morgan fingerprint density at radius 2 is 1.78 bits per heavy atom. The number of ether oxygens (including phenoxy) is 1. The van der Waals surface area contributed by atoms with Gasteiger partial charge >= 0.3 is 5.97 Å². The SMILES string of the molecule is CCc1cccc(C)c1N(CC(=O)Nc1ccccc1C(=O)OC)C(C)=O. The molecule has 0 fully saturated rings. The van der Waals surface area contributed by atoms with Gasteiger partial charge in [-0.25, -0.2) is 4.79 Å². The maximum absolute atomic E-state index is 12.6. The summed E-state index contributed by atoms with van der Waals surface area (Å²) in [5, 5.41) is 2.70. The predicted octanol–water partition coefficient (Wildman–Crippen LogP) is 3.34. The van der Waals surface area contributed by atoms with Crippen molar-refractivity contribution in [2.45, 2.75) is 27.2 Å². The van der Waals surface area contributed by atoms with Crippen LogP contribution in [0.15, 0.2) is 42.5 Å². The highest BCUT2D eigenvalue weighted by Crippen LogP contribution is 2.26. The molecular weight excluding hydrogens is 344 g/mol. The van der Waals surface area contributed by atoms with Gasteiger partial charge in [0.1, 0.15) is 6.54 Å². The molecule has 0 atom stereocenters. The number of rotatable bonds is 6. The lowest BCUT2D eigenvalue weighted by Gasteiger charge is -2.25. The van der Waals surface area contributed by atoms with E-state index < -0.39 is 11.9 Å². The summed E-state index contributed by atoms with van der Waals surface area (Å²) >= 11 is 0. The average molecular weight is 368 g/mol. The third-order valence-electron chi connectivity index (χ3n) is 4.26. The van der Waals surface area contributed by atoms with Gasteiger partial charge in [-0.3, -0.25) is 9.59 Å². The Morgan fingerprint density at radius 3 is 2.41 bits per heavy atom. The molecule has 0 bridgehead atoms. The lowest BCUT2D eigenvalue weighted by molar-refractivity contribution is -0.120. The molecule has 2 aromatic carbocycles. The minimum absolute atomic E-state index is 0.150. The van der Waals surface area contributed by atoms with E-state index in [0.717, 1.165) is 23.2 Å². The van der Waals surface area contributed by atoms with Gasteiger partial charge in [0.15, 0.2) is 0 Å². The minimum atomic E-state index is -0.540. The van der Waals surface area contributed by atoms with Crippen molar-refractivity contribution in [3.05, 3.63) is 59.2 Å². The van der Waals surface area contributed by atoms with E-state index >= 15 is 0 Å². The van der Waals surface area contributed by atoms with Crippen LogP contribution in [-0.2, 0) is 20.7 Å². The summed E-state index contributed by atoms with van der Waals surface area (Å²) in [4.78, 5) is 38.2. The zero-order valence-electron chi connectivity index (χ0n) is 16.0. The van der Waals surface area contributed by atoms with Gasteiger partial charge in [-0.15, -0.1) is 0 Å². The molecule has 6 nitrogen and oxygen atoms in total. The molecule has 0 aliphatic heterocycles. The van der Waals surface area contributed by atoms with Crippen LogP contribution < -0.4 is 10.2 Å². The summed E-state index contributed by atoms with van der Waals surface area (Å²) < 4.78 is 4.74. The van der Waals surface area contributed by atoms with E-state index in [-0.39, 0.29) is 18.0 Å². The van der Waals surface area contributed by atoms with E-state index in [4.69, 9.17) is 4.74 Å². The van der Waals surface area contributed by atoms with Gasteiger partial charge in [0.05, 0.1) is 24.0 Å². The first-order chi connectivity index (χ1) is 12.9. The molecule has 142 valence electrons. The monoisotopic (exact) mass is 368 g/mol.